The summed E-state index contributed by atoms with van der Waals surface area (Å²) in [4.78, 5) is 29.8. The van der Waals surface area contributed by atoms with Crippen molar-refractivity contribution in [1.29, 1.82) is 0 Å². The van der Waals surface area contributed by atoms with E-state index < -0.39 is 26.8 Å². The Balaban J connectivity index is 1.52. The quantitative estimate of drug-likeness (QED) is 0.440. The van der Waals surface area contributed by atoms with Gasteiger partial charge in [0.1, 0.15) is 10.9 Å². The molecule has 2 fully saturated rings. The van der Waals surface area contributed by atoms with Crippen LogP contribution in [0.2, 0.25) is 0 Å². The van der Waals surface area contributed by atoms with Gasteiger partial charge < -0.3 is 19.5 Å². The van der Waals surface area contributed by atoms with E-state index in [1.165, 1.54) is 17.4 Å². The molecule has 2 amide bonds. The van der Waals surface area contributed by atoms with E-state index in [0.717, 1.165) is 35.6 Å². The first-order chi connectivity index (χ1) is 18.3. The number of hydrogen-bond donors (Lipinski definition) is 2. The molecule has 1 saturated heterocycles. The topological polar surface area (TPSA) is 133 Å². The zero-order valence-electron chi connectivity index (χ0n) is 23.0. The highest BCUT2D eigenvalue weighted by atomic mass is 32.2. The van der Waals surface area contributed by atoms with Crippen molar-refractivity contribution in [2.24, 2.45) is 0 Å². The second-order valence-electron chi connectivity index (χ2n) is 11.3. The van der Waals surface area contributed by atoms with Crippen molar-refractivity contribution >= 4 is 39.0 Å². The van der Waals surface area contributed by atoms with Gasteiger partial charge in [-0.2, -0.15) is 0 Å². The van der Waals surface area contributed by atoms with Gasteiger partial charge in [-0.05, 0) is 72.4 Å². The lowest BCUT2D eigenvalue weighted by Crippen LogP contribution is -2.40. The molecule has 1 aliphatic heterocycles. The fourth-order valence-corrected chi connectivity index (χ4v) is 7.41. The number of benzene rings is 1. The molecular weight excluding hydrogens is 542 g/mol. The Morgan fingerprint density at radius 1 is 1.10 bits per heavy atom. The van der Waals surface area contributed by atoms with Gasteiger partial charge in [-0.1, -0.05) is 6.07 Å². The molecule has 1 saturated carbocycles. The van der Waals surface area contributed by atoms with E-state index in [9.17, 15) is 18.0 Å². The lowest BCUT2D eigenvalue weighted by atomic mass is 9.86. The summed E-state index contributed by atoms with van der Waals surface area (Å²) in [6.45, 7) is 9.19. The van der Waals surface area contributed by atoms with Crippen molar-refractivity contribution in [2.45, 2.75) is 94.1 Å². The summed E-state index contributed by atoms with van der Waals surface area (Å²) in [7, 11) is -3.71. The number of hydrogen-bond acceptors (Lipinski definition) is 9. The van der Waals surface area contributed by atoms with Crippen molar-refractivity contribution in [3.05, 3.63) is 29.4 Å². The predicted molar refractivity (Wildman–Crippen MR) is 149 cm³/mol. The Bertz CT molecular complexity index is 1290. The highest BCUT2D eigenvalue weighted by molar-refractivity contribution is 7.92. The third-order valence-electron chi connectivity index (χ3n) is 6.51. The summed E-state index contributed by atoms with van der Waals surface area (Å²) >= 11 is 1.48. The Morgan fingerprint density at radius 2 is 1.79 bits per heavy atom. The fraction of sp³-hybridized carbons (Fsp3) is 0.593. The SMILES string of the molecule is CC(C)OC(=O)NC1CCC(c2ncc(-c3ccc(NC(=O)OC(C)(C)C)cc3S(=O)(=O)C3COC3)s2)CC1. The second kappa shape index (κ2) is 11.8. The summed E-state index contributed by atoms with van der Waals surface area (Å²) in [5.41, 5.74) is 0.193. The van der Waals surface area contributed by atoms with Crippen LogP contribution in [-0.2, 0) is 24.0 Å². The maximum atomic E-state index is 13.5. The van der Waals surface area contributed by atoms with E-state index in [2.05, 4.69) is 15.6 Å². The predicted octanol–water partition coefficient (Wildman–Crippen LogP) is 5.49. The van der Waals surface area contributed by atoms with Crippen LogP contribution in [0.3, 0.4) is 0 Å². The number of carbonyl (C=O) groups excluding carboxylic acids is 2. The molecule has 214 valence electrons. The monoisotopic (exact) mass is 579 g/mol. The molecule has 0 atom stereocenters. The van der Waals surface area contributed by atoms with Crippen LogP contribution in [0.5, 0.6) is 0 Å². The molecule has 2 aliphatic rings. The maximum absolute atomic E-state index is 13.5. The van der Waals surface area contributed by atoms with Crippen LogP contribution in [0.4, 0.5) is 15.3 Å². The molecule has 12 heteroatoms. The van der Waals surface area contributed by atoms with Gasteiger partial charge >= 0.3 is 12.2 Å². The number of nitrogens with zero attached hydrogens (tertiary/aromatic N) is 1. The first-order valence-corrected chi connectivity index (χ1v) is 15.6. The minimum absolute atomic E-state index is 0.0680. The summed E-state index contributed by atoms with van der Waals surface area (Å²) in [6, 6.07) is 4.93. The average Bonchev–Trinajstić information content (AvgIpc) is 3.26. The molecule has 1 aliphatic carbocycles. The number of thiazole rings is 1. The molecule has 1 aromatic heterocycles. The van der Waals surface area contributed by atoms with Gasteiger partial charge in [0.2, 0.25) is 0 Å². The molecule has 10 nitrogen and oxygen atoms in total. The number of nitrogens with one attached hydrogen (secondary N) is 2. The maximum Gasteiger partial charge on any atom is 0.412 e. The van der Waals surface area contributed by atoms with Gasteiger partial charge in [0.15, 0.2) is 9.84 Å². The number of rotatable bonds is 7. The van der Waals surface area contributed by atoms with E-state index in [1.54, 1.807) is 39.1 Å². The van der Waals surface area contributed by atoms with Crippen molar-refractivity contribution < 1.29 is 32.2 Å². The normalized spacial score (nSPS) is 20.3. The smallest absolute Gasteiger partial charge is 0.412 e. The summed E-state index contributed by atoms with van der Waals surface area (Å²) in [6.07, 6.45) is 3.87. The van der Waals surface area contributed by atoms with Crippen LogP contribution >= 0.6 is 11.3 Å². The number of amides is 2. The van der Waals surface area contributed by atoms with Crippen LogP contribution in [0.1, 0.15) is 71.2 Å². The third-order valence-corrected chi connectivity index (χ3v) is 9.80. The average molecular weight is 580 g/mol. The van der Waals surface area contributed by atoms with Crippen LogP contribution in [0, 0.1) is 0 Å². The molecule has 39 heavy (non-hydrogen) atoms. The Kier molecular flexibility index (Phi) is 8.87. The number of anilines is 1. The molecule has 0 bridgehead atoms. The number of alkyl carbamates (subject to hydrolysis) is 1. The third kappa shape index (κ3) is 7.49. The van der Waals surface area contributed by atoms with E-state index in [0.29, 0.717) is 11.3 Å². The molecule has 2 aromatic rings. The molecule has 2 heterocycles. The van der Waals surface area contributed by atoms with Gasteiger partial charge in [-0.25, -0.2) is 23.0 Å². The highest BCUT2D eigenvalue weighted by Crippen LogP contribution is 2.41. The lowest BCUT2D eigenvalue weighted by molar-refractivity contribution is 0.0416. The largest absolute Gasteiger partial charge is 0.447 e. The highest BCUT2D eigenvalue weighted by Gasteiger charge is 2.36. The Morgan fingerprint density at radius 3 is 2.38 bits per heavy atom. The number of carbonyl (C=O) groups is 2. The minimum Gasteiger partial charge on any atom is -0.447 e. The van der Waals surface area contributed by atoms with Gasteiger partial charge in [0, 0.05) is 29.4 Å². The van der Waals surface area contributed by atoms with Gasteiger partial charge in [-0.3, -0.25) is 5.32 Å². The van der Waals surface area contributed by atoms with Crippen LogP contribution < -0.4 is 10.6 Å². The molecular formula is C27H37N3O7S2. The summed E-state index contributed by atoms with van der Waals surface area (Å²) < 4.78 is 42.6. The van der Waals surface area contributed by atoms with Crippen LogP contribution in [-0.4, -0.2) is 61.8 Å². The molecule has 0 unspecified atom stereocenters. The van der Waals surface area contributed by atoms with Crippen molar-refractivity contribution in [3.8, 4) is 10.4 Å². The first-order valence-electron chi connectivity index (χ1n) is 13.2. The number of ether oxygens (including phenoxy) is 3. The molecule has 0 spiro atoms. The zero-order chi connectivity index (χ0) is 28.4. The molecule has 2 N–H and O–H groups in total. The van der Waals surface area contributed by atoms with E-state index >= 15 is 0 Å². The van der Waals surface area contributed by atoms with Gasteiger partial charge in [0.25, 0.3) is 0 Å². The Labute approximate surface area is 233 Å². The van der Waals surface area contributed by atoms with Gasteiger partial charge in [0.05, 0.1) is 34.1 Å². The van der Waals surface area contributed by atoms with Gasteiger partial charge in [-0.15, -0.1) is 11.3 Å². The van der Waals surface area contributed by atoms with Crippen molar-refractivity contribution in [3.63, 3.8) is 0 Å². The number of aromatic nitrogens is 1. The summed E-state index contributed by atoms with van der Waals surface area (Å²) in [5.74, 6) is 0.233. The van der Waals surface area contributed by atoms with E-state index in [4.69, 9.17) is 14.2 Å². The molecule has 4 rings (SSSR count). The van der Waals surface area contributed by atoms with E-state index in [-0.39, 0.29) is 42.3 Å². The molecule has 0 radical (unpaired) electrons. The zero-order valence-corrected chi connectivity index (χ0v) is 24.6. The second-order valence-corrected chi connectivity index (χ2v) is 14.5. The van der Waals surface area contributed by atoms with Crippen molar-refractivity contribution in [1.82, 2.24) is 10.3 Å². The Hall–Kier alpha value is -2.70. The van der Waals surface area contributed by atoms with Crippen LogP contribution in [0.25, 0.3) is 10.4 Å². The fourth-order valence-electron chi connectivity index (χ4n) is 4.53. The first kappa shape index (κ1) is 29.3. The van der Waals surface area contributed by atoms with E-state index in [1.807, 2.05) is 13.8 Å². The van der Waals surface area contributed by atoms with Crippen molar-refractivity contribution in [2.75, 3.05) is 18.5 Å². The molecule has 1 aromatic carbocycles. The lowest BCUT2D eigenvalue weighted by Gasteiger charge is -2.28. The van der Waals surface area contributed by atoms with Crippen LogP contribution in [0.15, 0.2) is 29.3 Å². The summed E-state index contributed by atoms with van der Waals surface area (Å²) in [5, 5.41) is 5.89. The minimum atomic E-state index is -3.71. The standard InChI is InChI=1S/C27H37N3O7S2/c1-16(2)36-25(31)29-18-8-6-17(7-9-18)24-28-13-22(38-24)21-11-10-19(30-26(32)37-27(3,4)5)12-23(21)39(33,34)20-14-35-15-20/h10-13,16-18,20H,6-9,14-15H2,1-5H3,(H,29,31)(H,30,32). The number of sulfone groups is 1.